The monoisotopic (exact) mass is 242 g/mol. The van der Waals surface area contributed by atoms with E-state index in [4.69, 9.17) is 9.47 Å². The molecule has 0 heterocycles. The number of rotatable bonds is 5. The molecule has 0 saturated carbocycles. The lowest BCUT2D eigenvalue weighted by Crippen LogP contribution is -2.28. The van der Waals surface area contributed by atoms with Crippen LogP contribution in [-0.4, -0.2) is 39.3 Å². The Hall–Kier alpha value is -0.603. The first kappa shape index (κ1) is 15.4. The Bertz CT molecular complexity index is 270. The van der Waals surface area contributed by atoms with Gasteiger partial charge in [-0.3, -0.25) is 0 Å². The standard InChI is InChI=1S/C12H22O3Si/c1-6-7-11(13)12(15-10-14-2)8-9-16(3,4)5/h6-7,11-13H,10H2,1-5H3/b7-6+/t11-,12+/m0/s1. The topological polar surface area (TPSA) is 38.7 Å². The number of aliphatic hydroxyl groups is 1. The molecule has 0 bridgehead atoms. The van der Waals surface area contributed by atoms with E-state index in [0.717, 1.165) is 0 Å². The number of hydrogen-bond donors (Lipinski definition) is 1. The maximum absolute atomic E-state index is 9.78. The van der Waals surface area contributed by atoms with Crippen LogP contribution in [0, 0.1) is 11.5 Å². The van der Waals surface area contributed by atoms with Crippen LogP contribution in [0.15, 0.2) is 12.2 Å². The molecule has 92 valence electrons. The van der Waals surface area contributed by atoms with E-state index < -0.39 is 20.3 Å². The van der Waals surface area contributed by atoms with E-state index >= 15 is 0 Å². The molecule has 0 spiro atoms. The number of methoxy groups -OCH3 is 1. The van der Waals surface area contributed by atoms with Crippen LogP contribution in [0.5, 0.6) is 0 Å². The van der Waals surface area contributed by atoms with Crippen molar-refractivity contribution in [3.63, 3.8) is 0 Å². The first-order valence-electron chi connectivity index (χ1n) is 5.35. The third-order valence-corrected chi connectivity index (χ3v) is 2.55. The Balaban J connectivity index is 4.58. The molecule has 0 radical (unpaired) electrons. The highest BCUT2D eigenvalue weighted by molar-refractivity contribution is 6.83. The predicted molar refractivity (Wildman–Crippen MR) is 68.7 cm³/mol. The summed E-state index contributed by atoms with van der Waals surface area (Å²) in [4.78, 5) is 0. The molecular weight excluding hydrogens is 220 g/mol. The first-order valence-corrected chi connectivity index (χ1v) is 8.85. The van der Waals surface area contributed by atoms with Crippen LogP contribution in [0.25, 0.3) is 0 Å². The normalized spacial score (nSPS) is 15.6. The summed E-state index contributed by atoms with van der Waals surface area (Å²) in [7, 11) is 0.102. The minimum absolute atomic E-state index is 0.139. The minimum atomic E-state index is -1.45. The van der Waals surface area contributed by atoms with Gasteiger partial charge in [0.05, 0.1) is 0 Å². The van der Waals surface area contributed by atoms with E-state index in [2.05, 4.69) is 31.1 Å². The third-order valence-electron chi connectivity index (χ3n) is 1.65. The highest BCUT2D eigenvalue weighted by Crippen LogP contribution is 2.03. The maximum Gasteiger partial charge on any atom is 0.149 e. The highest BCUT2D eigenvalue weighted by atomic mass is 28.3. The zero-order chi connectivity index (χ0) is 12.6. The van der Waals surface area contributed by atoms with E-state index in [-0.39, 0.29) is 6.79 Å². The van der Waals surface area contributed by atoms with Gasteiger partial charge in [-0.1, -0.05) is 37.7 Å². The van der Waals surface area contributed by atoms with Gasteiger partial charge in [0.25, 0.3) is 0 Å². The van der Waals surface area contributed by atoms with Crippen molar-refractivity contribution in [1.29, 1.82) is 0 Å². The fraction of sp³-hybridized carbons (Fsp3) is 0.667. The van der Waals surface area contributed by atoms with Crippen molar-refractivity contribution in [3.05, 3.63) is 12.2 Å². The van der Waals surface area contributed by atoms with Gasteiger partial charge < -0.3 is 14.6 Å². The molecule has 0 aromatic carbocycles. The van der Waals surface area contributed by atoms with Crippen LogP contribution in [-0.2, 0) is 9.47 Å². The molecule has 4 heteroatoms. The zero-order valence-corrected chi connectivity index (χ0v) is 11.8. The molecule has 0 aliphatic rings. The van der Waals surface area contributed by atoms with Crippen LogP contribution in [0.4, 0.5) is 0 Å². The summed E-state index contributed by atoms with van der Waals surface area (Å²) in [6, 6.07) is 0. The lowest BCUT2D eigenvalue weighted by Gasteiger charge is -2.16. The molecule has 0 aliphatic heterocycles. The Morgan fingerprint density at radius 2 is 2.00 bits per heavy atom. The second kappa shape index (κ2) is 7.63. The summed E-state index contributed by atoms with van der Waals surface area (Å²) in [5.41, 5.74) is 3.18. The summed E-state index contributed by atoms with van der Waals surface area (Å²) >= 11 is 0. The Labute approximate surface area is 99.5 Å². The highest BCUT2D eigenvalue weighted by Gasteiger charge is 2.16. The van der Waals surface area contributed by atoms with Gasteiger partial charge in [0, 0.05) is 7.11 Å². The molecular formula is C12H22O3Si. The lowest BCUT2D eigenvalue weighted by atomic mass is 10.2. The molecule has 2 atom stereocenters. The van der Waals surface area contributed by atoms with Crippen LogP contribution in [0.3, 0.4) is 0 Å². The quantitative estimate of drug-likeness (QED) is 0.346. The van der Waals surface area contributed by atoms with Gasteiger partial charge in [-0.2, -0.15) is 0 Å². The van der Waals surface area contributed by atoms with E-state index in [1.54, 1.807) is 19.3 Å². The summed E-state index contributed by atoms with van der Waals surface area (Å²) in [5, 5.41) is 9.78. The molecule has 0 unspecified atom stereocenters. The van der Waals surface area contributed by atoms with E-state index in [0.29, 0.717) is 0 Å². The Morgan fingerprint density at radius 3 is 2.44 bits per heavy atom. The predicted octanol–water partition coefficient (Wildman–Crippen LogP) is 1.79. The zero-order valence-electron chi connectivity index (χ0n) is 10.8. The summed E-state index contributed by atoms with van der Waals surface area (Å²) in [5.74, 6) is 2.99. The van der Waals surface area contributed by atoms with Crippen molar-refractivity contribution in [1.82, 2.24) is 0 Å². The van der Waals surface area contributed by atoms with Gasteiger partial charge in [-0.15, -0.1) is 5.54 Å². The molecule has 16 heavy (non-hydrogen) atoms. The number of ether oxygens (including phenoxy) is 2. The smallest absolute Gasteiger partial charge is 0.149 e. The fourth-order valence-corrected chi connectivity index (χ4v) is 1.53. The van der Waals surface area contributed by atoms with Crippen molar-refractivity contribution >= 4 is 8.07 Å². The average molecular weight is 242 g/mol. The van der Waals surface area contributed by atoms with Crippen molar-refractivity contribution in [2.45, 2.75) is 38.8 Å². The molecule has 0 saturated heterocycles. The largest absolute Gasteiger partial charge is 0.385 e. The molecule has 0 amide bonds. The van der Waals surface area contributed by atoms with Gasteiger partial charge >= 0.3 is 0 Å². The van der Waals surface area contributed by atoms with Gasteiger partial charge in [-0.25, -0.2) is 0 Å². The number of hydrogen-bond acceptors (Lipinski definition) is 3. The first-order chi connectivity index (χ1) is 7.40. The van der Waals surface area contributed by atoms with Crippen molar-refractivity contribution < 1.29 is 14.6 Å². The number of aliphatic hydroxyl groups excluding tert-OH is 1. The number of allylic oxidation sites excluding steroid dienone is 1. The molecule has 0 aromatic heterocycles. The minimum Gasteiger partial charge on any atom is -0.385 e. The maximum atomic E-state index is 9.78. The molecule has 0 rings (SSSR count). The van der Waals surface area contributed by atoms with Gasteiger partial charge in [0.1, 0.15) is 27.1 Å². The summed E-state index contributed by atoms with van der Waals surface area (Å²) in [6.07, 6.45) is 2.23. The van der Waals surface area contributed by atoms with Gasteiger partial charge in [-0.05, 0) is 6.92 Å². The van der Waals surface area contributed by atoms with Crippen molar-refractivity contribution in [2.75, 3.05) is 13.9 Å². The van der Waals surface area contributed by atoms with E-state index in [9.17, 15) is 5.11 Å². The van der Waals surface area contributed by atoms with Crippen LogP contribution >= 0.6 is 0 Å². The molecule has 0 aromatic rings. The molecule has 1 N–H and O–H groups in total. The second-order valence-electron chi connectivity index (χ2n) is 4.53. The summed E-state index contributed by atoms with van der Waals surface area (Å²) in [6.45, 7) is 8.43. The van der Waals surface area contributed by atoms with Crippen LogP contribution in [0.1, 0.15) is 6.92 Å². The van der Waals surface area contributed by atoms with Gasteiger partial charge in [0.2, 0.25) is 0 Å². The molecule has 3 nitrogen and oxygen atoms in total. The van der Waals surface area contributed by atoms with Crippen molar-refractivity contribution in [3.8, 4) is 11.5 Å². The van der Waals surface area contributed by atoms with E-state index in [1.165, 1.54) is 0 Å². The van der Waals surface area contributed by atoms with Crippen LogP contribution in [0.2, 0.25) is 19.6 Å². The fourth-order valence-electron chi connectivity index (χ4n) is 0.953. The summed E-state index contributed by atoms with van der Waals surface area (Å²) < 4.78 is 10.1. The Kier molecular flexibility index (Phi) is 7.35. The third kappa shape index (κ3) is 7.66. The average Bonchev–Trinajstić information content (AvgIpc) is 2.16. The second-order valence-corrected chi connectivity index (χ2v) is 9.28. The van der Waals surface area contributed by atoms with E-state index in [1.807, 2.05) is 6.92 Å². The van der Waals surface area contributed by atoms with Crippen LogP contribution < -0.4 is 0 Å². The van der Waals surface area contributed by atoms with Gasteiger partial charge in [0.15, 0.2) is 0 Å². The van der Waals surface area contributed by atoms with Crippen molar-refractivity contribution in [2.24, 2.45) is 0 Å². The molecule has 0 fully saturated rings. The molecule has 0 aliphatic carbocycles. The SMILES string of the molecule is C/C=C/[C@H](O)[C@@H](C#C[Si](C)(C)C)OCOC. The lowest BCUT2D eigenvalue weighted by molar-refractivity contribution is -0.0797. The Morgan fingerprint density at radius 1 is 1.38 bits per heavy atom.